The zero-order valence-corrected chi connectivity index (χ0v) is 45.8. The minimum absolute atomic E-state index is 0.0123. The Balaban J connectivity index is 0.874. The summed E-state index contributed by atoms with van der Waals surface area (Å²) in [5.41, 5.74) is 33.6. The fourth-order valence-electron chi connectivity index (χ4n) is 15.7. The van der Waals surface area contributed by atoms with Gasteiger partial charge in [0.15, 0.2) is 0 Å². The van der Waals surface area contributed by atoms with Crippen LogP contribution in [0.3, 0.4) is 0 Å². The van der Waals surface area contributed by atoms with Gasteiger partial charge >= 0.3 is 0 Å². The summed E-state index contributed by atoms with van der Waals surface area (Å²) >= 11 is 0. The third-order valence-electron chi connectivity index (χ3n) is 19.1. The predicted molar refractivity (Wildman–Crippen MR) is 341 cm³/mol. The number of benzene rings is 13. The fourth-order valence-corrected chi connectivity index (χ4v) is 15.7. The van der Waals surface area contributed by atoms with Crippen LogP contribution in [-0.4, -0.2) is 0 Å². The molecule has 4 aliphatic rings. The van der Waals surface area contributed by atoms with Gasteiger partial charge in [-0.3, -0.25) is 0 Å². The molecule has 0 amide bonds. The summed E-state index contributed by atoms with van der Waals surface area (Å²) in [7, 11) is 0. The van der Waals surface area contributed by atoms with Gasteiger partial charge in [-0.15, -0.1) is 0 Å². The lowest BCUT2D eigenvalue weighted by Gasteiger charge is -2.37. The van der Waals surface area contributed by atoms with Crippen LogP contribution in [0.5, 0.6) is 0 Å². The maximum Gasteiger partial charge on any atom is 0.0701 e. The van der Waals surface area contributed by atoms with E-state index in [9.17, 15) is 0 Å². The largest absolute Gasteiger partial charge is 0.0701 e. The fraction of sp³-hybridized carbons (Fsp3) is 0.0602. The van der Waals surface area contributed by atoms with Crippen molar-refractivity contribution in [3.8, 4) is 55.6 Å². The summed E-state index contributed by atoms with van der Waals surface area (Å²) in [6, 6.07) is 120. The van der Waals surface area contributed by atoms with E-state index in [-0.39, 0.29) is 23.7 Å². The van der Waals surface area contributed by atoms with E-state index in [1.807, 2.05) is 0 Å². The summed E-state index contributed by atoms with van der Waals surface area (Å²) in [6.07, 6.45) is 0. The molecular formula is C83H56. The third kappa shape index (κ3) is 7.26. The minimum atomic E-state index is -0.594. The van der Waals surface area contributed by atoms with Crippen LogP contribution in [0.15, 0.2) is 315 Å². The Kier molecular flexibility index (Phi) is 10.9. The number of hydrogen-bond donors (Lipinski definition) is 0. The van der Waals surface area contributed by atoms with Crippen molar-refractivity contribution in [3.63, 3.8) is 0 Å². The Labute approximate surface area is 486 Å². The quantitative estimate of drug-likeness (QED) is 0.126. The average molecular weight is 1050 g/mol. The van der Waals surface area contributed by atoms with Crippen molar-refractivity contribution in [1.82, 2.24) is 0 Å². The predicted octanol–water partition coefficient (Wildman–Crippen LogP) is 20.4. The molecule has 4 aliphatic carbocycles. The molecule has 0 nitrogen and oxygen atoms in total. The SMILES string of the molecule is c1ccc(C(c2ccccc2)(c2ccccc2)c2cccc(-c3cc(C4c5ccccc5-c5cc(C6c7ccccc7-c7ccccc76)ccc54)cc(C4c5ccccc5-c5cc(C6c7ccccc7-c7ccccc76)ccc54)c3)c2)cc1. The van der Waals surface area contributed by atoms with E-state index in [1.165, 1.54) is 145 Å². The molecular weight excluding hydrogens is 997 g/mol. The molecule has 0 N–H and O–H groups in total. The zero-order chi connectivity index (χ0) is 54.6. The van der Waals surface area contributed by atoms with E-state index >= 15 is 0 Å². The van der Waals surface area contributed by atoms with Crippen LogP contribution in [0.4, 0.5) is 0 Å². The molecule has 0 saturated carbocycles. The highest BCUT2D eigenvalue weighted by Crippen LogP contribution is 2.57. The van der Waals surface area contributed by atoms with Crippen LogP contribution in [-0.2, 0) is 5.41 Å². The molecule has 0 heteroatoms. The minimum Gasteiger partial charge on any atom is -0.0622 e. The van der Waals surface area contributed by atoms with E-state index in [0.29, 0.717) is 0 Å². The molecule has 0 aromatic heterocycles. The highest BCUT2D eigenvalue weighted by Gasteiger charge is 2.40. The topological polar surface area (TPSA) is 0 Å². The summed E-state index contributed by atoms with van der Waals surface area (Å²) < 4.78 is 0. The van der Waals surface area contributed by atoms with Crippen molar-refractivity contribution in [1.29, 1.82) is 0 Å². The van der Waals surface area contributed by atoms with Gasteiger partial charge in [0, 0.05) is 23.7 Å². The monoisotopic (exact) mass is 1050 g/mol. The molecule has 13 aromatic rings. The smallest absolute Gasteiger partial charge is 0.0622 e. The van der Waals surface area contributed by atoms with E-state index in [1.54, 1.807) is 0 Å². The second-order valence-electron chi connectivity index (χ2n) is 23.3. The van der Waals surface area contributed by atoms with Crippen molar-refractivity contribution in [3.05, 3.63) is 404 Å². The van der Waals surface area contributed by atoms with Gasteiger partial charge in [0.25, 0.3) is 0 Å². The van der Waals surface area contributed by atoms with Gasteiger partial charge in [-0.2, -0.15) is 0 Å². The van der Waals surface area contributed by atoms with Crippen LogP contribution in [0.2, 0.25) is 0 Å². The van der Waals surface area contributed by atoms with Gasteiger partial charge < -0.3 is 0 Å². The maximum absolute atomic E-state index is 2.58. The molecule has 0 heterocycles. The molecule has 83 heavy (non-hydrogen) atoms. The van der Waals surface area contributed by atoms with Gasteiger partial charge in [0.05, 0.1) is 5.41 Å². The van der Waals surface area contributed by atoms with Crippen LogP contribution >= 0.6 is 0 Å². The average Bonchev–Trinajstić information content (AvgIpc) is 4.43. The molecule has 0 saturated heterocycles. The third-order valence-corrected chi connectivity index (χ3v) is 19.1. The van der Waals surface area contributed by atoms with E-state index in [4.69, 9.17) is 0 Å². The first kappa shape index (κ1) is 47.6. The summed E-state index contributed by atoms with van der Waals surface area (Å²) in [4.78, 5) is 0. The molecule has 0 fully saturated rings. The zero-order valence-electron chi connectivity index (χ0n) is 45.8. The number of hydrogen-bond acceptors (Lipinski definition) is 0. The van der Waals surface area contributed by atoms with Crippen LogP contribution in [0, 0.1) is 0 Å². The van der Waals surface area contributed by atoms with E-state index < -0.39 is 5.41 Å². The Bertz CT molecular complexity index is 4300. The highest BCUT2D eigenvalue weighted by molar-refractivity contribution is 5.88. The highest BCUT2D eigenvalue weighted by atomic mass is 14.4. The lowest BCUT2D eigenvalue weighted by atomic mass is 9.65. The van der Waals surface area contributed by atoms with Crippen LogP contribution in [0.1, 0.15) is 113 Å². The summed E-state index contributed by atoms with van der Waals surface area (Å²) in [6.45, 7) is 0. The molecule has 17 rings (SSSR count). The molecule has 388 valence electrons. The van der Waals surface area contributed by atoms with Gasteiger partial charge in [0.2, 0.25) is 0 Å². The Morgan fingerprint density at radius 1 is 0.169 bits per heavy atom. The van der Waals surface area contributed by atoms with Crippen LogP contribution in [0.25, 0.3) is 55.6 Å². The van der Waals surface area contributed by atoms with Crippen molar-refractivity contribution >= 4 is 0 Å². The molecule has 0 radical (unpaired) electrons. The first-order chi connectivity index (χ1) is 41.2. The lowest BCUT2D eigenvalue weighted by Crippen LogP contribution is -2.31. The lowest BCUT2D eigenvalue weighted by molar-refractivity contribution is 0.745. The number of fused-ring (bicyclic) bond motifs is 12. The van der Waals surface area contributed by atoms with Crippen molar-refractivity contribution in [2.75, 3.05) is 0 Å². The van der Waals surface area contributed by atoms with Gasteiger partial charge in [-0.1, -0.05) is 297 Å². The Hall–Kier alpha value is -10.1. The number of rotatable bonds is 9. The Morgan fingerprint density at radius 2 is 0.458 bits per heavy atom. The molecule has 2 atom stereocenters. The molecule has 2 unspecified atom stereocenters. The maximum atomic E-state index is 2.58. The van der Waals surface area contributed by atoms with Crippen LogP contribution < -0.4 is 0 Å². The summed E-state index contributed by atoms with van der Waals surface area (Å²) in [5.74, 6) is 0.353. The second-order valence-corrected chi connectivity index (χ2v) is 23.3. The first-order valence-electron chi connectivity index (χ1n) is 29.4. The van der Waals surface area contributed by atoms with Crippen molar-refractivity contribution in [2.45, 2.75) is 29.1 Å². The molecule has 0 spiro atoms. The second kappa shape index (κ2) is 19.0. The van der Waals surface area contributed by atoms with Gasteiger partial charge in [-0.25, -0.2) is 0 Å². The van der Waals surface area contributed by atoms with Crippen molar-refractivity contribution in [2.24, 2.45) is 0 Å². The van der Waals surface area contributed by atoms with Gasteiger partial charge in [0.1, 0.15) is 0 Å². The molecule has 13 aromatic carbocycles. The molecule has 0 bridgehead atoms. The van der Waals surface area contributed by atoms with Crippen molar-refractivity contribution < 1.29 is 0 Å². The van der Waals surface area contributed by atoms with E-state index in [2.05, 4.69) is 315 Å². The standard InChI is InChI=1S/C83H56/c1-4-24-59(25-5-1)83(60-26-6-2-7-27-60,61-28-8-3-9-29-61)62-30-22-23-53(50-62)56-47-57(81-73-41-20-14-35-67(73)77-51-54(43-45-75(77)81)79-69-37-16-10-31-63(69)64-32-11-17-38-70(64)79)49-58(48-56)82-74-42-21-15-36-68(74)78-52-55(44-46-76(78)82)80-71-39-18-12-33-65(71)66-34-13-19-40-72(66)80/h1-52,79-82H. The van der Waals surface area contributed by atoms with E-state index in [0.717, 1.165) is 0 Å². The molecule has 0 aliphatic heterocycles. The first-order valence-corrected chi connectivity index (χ1v) is 29.4. The normalized spacial score (nSPS) is 15.1. The summed E-state index contributed by atoms with van der Waals surface area (Å²) in [5, 5.41) is 0. The Morgan fingerprint density at radius 3 is 0.819 bits per heavy atom. The van der Waals surface area contributed by atoms with Gasteiger partial charge in [-0.05, 0) is 163 Å².